The van der Waals surface area contributed by atoms with Crippen LogP contribution in [0, 0.1) is 0 Å². The Morgan fingerprint density at radius 2 is 1.88 bits per heavy atom. The number of nitrogens with one attached hydrogen (secondary N) is 1. The van der Waals surface area contributed by atoms with Gasteiger partial charge in [-0.05, 0) is 17.7 Å². The zero-order valence-corrected chi connectivity index (χ0v) is 13.5. The summed E-state index contributed by atoms with van der Waals surface area (Å²) in [5.74, 6) is -1.13. The van der Waals surface area contributed by atoms with Gasteiger partial charge in [0.05, 0.1) is 0 Å². The van der Waals surface area contributed by atoms with E-state index < -0.39 is 17.2 Å². The summed E-state index contributed by atoms with van der Waals surface area (Å²) in [7, 11) is 1.58. The zero-order chi connectivity index (χ0) is 17.8. The molecule has 0 aliphatic heterocycles. The summed E-state index contributed by atoms with van der Waals surface area (Å²) in [4.78, 5) is 36.6. The molecule has 0 radical (unpaired) electrons. The zero-order valence-electron chi connectivity index (χ0n) is 13.5. The number of carbonyl (C=O) groups excluding carboxylic acids is 1. The van der Waals surface area contributed by atoms with Crippen LogP contribution < -0.4 is 5.56 Å². The molecule has 0 atom stereocenters. The molecule has 1 amide bonds. The van der Waals surface area contributed by atoms with Gasteiger partial charge in [0.1, 0.15) is 5.69 Å². The Hall–Kier alpha value is -3.48. The van der Waals surface area contributed by atoms with Gasteiger partial charge in [0.2, 0.25) is 5.75 Å². The summed E-state index contributed by atoms with van der Waals surface area (Å²) in [5.41, 5.74) is 0.238. The van der Waals surface area contributed by atoms with Crippen LogP contribution in [-0.2, 0) is 6.54 Å². The molecule has 2 N–H and O–H groups in total. The molecule has 1 aromatic carbocycles. The third kappa shape index (κ3) is 3.55. The van der Waals surface area contributed by atoms with Gasteiger partial charge in [0, 0.05) is 19.8 Å². The monoisotopic (exact) mass is 336 g/mol. The van der Waals surface area contributed by atoms with E-state index in [1.54, 1.807) is 31.4 Å². The first-order valence-corrected chi connectivity index (χ1v) is 7.60. The van der Waals surface area contributed by atoms with Gasteiger partial charge in [-0.1, -0.05) is 36.4 Å². The molecule has 0 bridgehead atoms. The molecule has 7 nitrogen and oxygen atoms in total. The summed E-state index contributed by atoms with van der Waals surface area (Å²) >= 11 is 0. The number of hydrogen-bond acceptors (Lipinski definition) is 5. The Morgan fingerprint density at radius 1 is 1.16 bits per heavy atom. The number of pyridine rings is 1. The highest BCUT2D eigenvalue weighted by molar-refractivity contribution is 5.94. The molecule has 0 saturated heterocycles. The molecule has 2 aromatic heterocycles. The van der Waals surface area contributed by atoms with Gasteiger partial charge in [0.25, 0.3) is 11.5 Å². The number of H-pyrrole nitrogens is 1. The number of carbonyl (C=O) groups is 1. The third-order valence-electron chi connectivity index (χ3n) is 3.61. The maximum absolute atomic E-state index is 12.6. The molecule has 25 heavy (non-hydrogen) atoms. The van der Waals surface area contributed by atoms with Crippen LogP contribution >= 0.6 is 0 Å². The van der Waals surface area contributed by atoms with Gasteiger partial charge >= 0.3 is 0 Å². The fourth-order valence-electron chi connectivity index (χ4n) is 2.35. The number of hydrogen-bond donors (Lipinski definition) is 2. The van der Waals surface area contributed by atoms with Crippen molar-refractivity contribution in [1.82, 2.24) is 19.9 Å². The first kappa shape index (κ1) is 16.4. The van der Waals surface area contributed by atoms with Gasteiger partial charge < -0.3 is 15.0 Å². The predicted octanol–water partition coefficient (Wildman–Crippen LogP) is 1.81. The van der Waals surface area contributed by atoms with Crippen LogP contribution in [0.3, 0.4) is 0 Å². The highest BCUT2D eigenvalue weighted by Gasteiger charge is 2.22. The smallest absolute Gasteiger partial charge is 0.294 e. The number of aromatic nitrogens is 3. The van der Waals surface area contributed by atoms with E-state index in [-0.39, 0.29) is 11.5 Å². The van der Waals surface area contributed by atoms with Gasteiger partial charge in [-0.2, -0.15) is 0 Å². The lowest BCUT2D eigenvalue weighted by molar-refractivity contribution is 0.0775. The Labute approximate surface area is 143 Å². The van der Waals surface area contributed by atoms with Crippen LogP contribution in [0.2, 0.25) is 0 Å². The highest BCUT2D eigenvalue weighted by Crippen LogP contribution is 2.17. The van der Waals surface area contributed by atoms with E-state index in [9.17, 15) is 14.7 Å². The maximum Gasteiger partial charge on any atom is 0.294 e. The predicted molar refractivity (Wildman–Crippen MR) is 92.0 cm³/mol. The van der Waals surface area contributed by atoms with Crippen molar-refractivity contribution >= 4 is 5.91 Å². The molecule has 0 saturated carbocycles. The summed E-state index contributed by atoms with van der Waals surface area (Å²) in [6.07, 6.45) is 1.55. The minimum atomic E-state index is -0.785. The van der Waals surface area contributed by atoms with Crippen LogP contribution in [-0.4, -0.2) is 37.9 Å². The Kier molecular flexibility index (Phi) is 4.56. The quantitative estimate of drug-likeness (QED) is 0.757. The second kappa shape index (κ2) is 6.96. The number of benzene rings is 1. The Morgan fingerprint density at radius 3 is 2.56 bits per heavy atom. The second-order valence-electron chi connectivity index (χ2n) is 5.47. The molecule has 3 aromatic rings. The third-order valence-corrected chi connectivity index (χ3v) is 3.61. The lowest BCUT2D eigenvalue weighted by Crippen LogP contribution is -2.29. The molecule has 126 valence electrons. The van der Waals surface area contributed by atoms with E-state index in [0.717, 1.165) is 5.56 Å². The lowest BCUT2D eigenvalue weighted by atomic mass is 10.2. The van der Waals surface area contributed by atoms with Crippen molar-refractivity contribution in [3.8, 4) is 17.3 Å². The molecule has 2 heterocycles. The van der Waals surface area contributed by atoms with Crippen molar-refractivity contribution in [2.75, 3.05) is 7.05 Å². The van der Waals surface area contributed by atoms with Crippen LogP contribution in [0.15, 0.2) is 59.5 Å². The largest absolute Gasteiger partial charge is 0.501 e. The molecular formula is C18H16N4O3. The fraction of sp³-hybridized carbons (Fsp3) is 0.111. The van der Waals surface area contributed by atoms with E-state index in [1.165, 1.54) is 4.90 Å². The van der Waals surface area contributed by atoms with E-state index in [1.807, 2.05) is 30.3 Å². The topological polar surface area (TPSA) is 99.2 Å². The number of aromatic hydroxyl groups is 1. The average Bonchev–Trinajstić information content (AvgIpc) is 2.65. The molecular weight excluding hydrogens is 320 g/mol. The van der Waals surface area contributed by atoms with Crippen molar-refractivity contribution in [2.45, 2.75) is 6.54 Å². The van der Waals surface area contributed by atoms with Crippen LogP contribution in [0.1, 0.15) is 16.1 Å². The molecule has 0 aliphatic carbocycles. The van der Waals surface area contributed by atoms with E-state index in [2.05, 4.69) is 15.0 Å². The molecule has 0 unspecified atom stereocenters. The standard InChI is InChI=1S/C18H16N4O3/c1-22(11-12-7-3-2-4-8-12)18(25)14-15(23)17(24)21-16(20-14)13-9-5-6-10-19-13/h2-10,23H,11H2,1H3,(H,20,21,24). The maximum atomic E-state index is 12.6. The van der Waals surface area contributed by atoms with E-state index >= 15 is 0 Å². The Balaban J connectivity index is 1.94. The molecule has 0 aliphatic rings. The summed E-state index contributed by atoms with van der Waals surface area (Å²) < 4.78 is 0. The van der Waals surface area contributed by atoms with Crippen LogP contribution in [0.5, 0.6) is 5.75 Å². The Bertz CT molecular complexity index is 940. The number of amides is 1. The van der Waals surface area contributed by atoms with E-state index in [0.29, 0.717) is 12.2 Å². The fourth-order valence-corrected chi connectivity index (χ4v) is 2.35. The van der Waals surface area contributed by atoms with Gasteiger partial charge in [0.15, 0.2) is 11.5 Å². The minimum Gasteiger partial charge on any atom is -0.501 e. The van der Waals surface area contributed by atoms with Crippen molar-refractivity contribution in [3.63, 3.8) is 0 Å². The first-order valence-electron chi connectivity index (χ1n) is 7.60. The van der Waals surface area contributed by atoms with Crippen molar-refractivity contribution in [2.24, 2.45) is 0 Å². The van der Waals surface area contributed by atoms with Crippen molar-refractivity contribution < 1.29 is 9.90 Å². The molecule has 7 heteroatoms. The van der Waals surface area contributed by atoms with Crippen molar-refractivity contribution in [3.05, 3.63) is 76.3 Å². The van der Waals surface area contributed by atoms with Gasteiger partial charge in [-0.3, -0.25) is 14.6 Å². The number of nitrogens with zero attached hydrogens (tertiary/aromatic N) is 3. The summed E-state index contributed by atoms with van der Waals surface area (Å²) in [5, 5.41) is 9.98. The lowest BCUT2D eigenvalue weighted by Gasteiger charge is -2.17. The minimum absolute atomic E-state index is 0.125. The van der Waals surface area contributed by atoms with Crippen LogP contribution in [0.4, 0.5) is 0 Å². The molecule has 0 spiro atoms. The molecule has 3 rings (SSSR count). The van der Waals surface area contributed by atoms with Gasteiger partial charge in [-0.25, -0.2) is 4.98 Å². The number of rotatable bonds is 4. The molecule has 0 fully saturated rings. The van der Waals surface area contributed by atoms with E-state index in [4.69, 9.17) is 0 Å². The second-order valence-corrected chi connectivity index (χ2v) is 5.47. The number of aromatic amines is 1. The SMILES string of the molecule is CN(Cc1ccccc1)C(=O)c1nc(-c2ccccn2)[nH]c(=O)c1O. The normalized spacial score (nSPS) is 10.4. The summed E-state index contributed by atoms with van der Waals surface area (Å²) in [6, 6.07) is 14.5. The van der Waals surface area contributed by atoms with Crippen molar-refractivity contribution in [1.29, 1.82) is 0 Å². The highest BCUT2D eigenvalue weighted by atomic mass is 16.3. The van der Waals surface area contributed by atoms with Crippen LogP contribution in [0.25, 0.3) is 11.5 Å². The first-order chi connectivity index (χ1) is 12.1. The average molecular weight is 336 g/mol. The van der Waals surface area contributed by atoms with Gasteiger partial charge in [-0.15, -0.1) is 0 Å². The summed E-state index contributed by atoms with van der Waals surface area (Å²) in [6.45, 7) is 0.326.